The monoisotopic (exact) mass is 402 g/mol. The minimum absolute atomic E-state index is 0.0777. The SMILES string of the molecule is O=C(OCc1ccccc1)C(O)(CCc1ccccc1)CC(F)(F)C(F)(F)F. The fourth-order valence-corrected chi connectivity index (χ4v) is 2.58. The molecule has 0 radical (unpaired) electrons. The Kier molecular flexibility index (Phi) is 6.77. The second kappa shape index (κ2) is 8.68. The van der Waals surface area contributed by atoms with Gasteiger partial charge in [-0.2, -0.15) is 22.0 Å². The van der Waals surface area contributed by atoms with Crippen molar-refractivity contribution in [3.63, 3.8) is 0 Å². The maximum absolute atomic E-state index is 13.6. The van der Waals surface area contributed by atoms with Crippen LogP contribution in [0, 0.1) is 0 Å². The minimum atomic E-state index is -5.90. The van der Waals surface area contributed by atoms with E-state index in [2.05, 4.69) is 0 Å². The lowest BCUT2D eigenvalue weighted by Crippen LogP contribution is -2.50. The van der Waals surface area contributed by atoms with E-state index in [-0.39, 0.29) is 13.0 Å². The van der Waals surface area contributed by atoms with Crippen molar-refractivity contribution in [2.45, 2.75) is 43.6 Å². The predicted molar refractivity (Wildman–Crippen MR) is 91.6 cm³/mol. The van der Waals surface area contributed by atoms with E-state index in [1.807, 2.05) is 0 Å². The number of hydrogen-bond donors (Lipinski definition) is 1. The molecule has 2 rings (SSSR count). The molecule has 0 aliphatic rings. The number of halogens is 5. The number of carbonyl (C=O) groups is 1. The van der Waals surface area contributed by atoms with Crippen LogP contribution in [0.1, 0.15) is 24.0 Å². The first kappa shape index (κ1) is 21.8. The number of aryl methyl sites for hydroxylation is 1. The van der Waals surface area contributed by atoms with Gasteiger partial charge in [0.2, 0.25) is 0 Å². The summed E-state index contributed by atoms with van der Waals surface area (Å²) in [5, 5.41) is 10.5. The van der Waals surface area contributed by atoms with Crippen LogP contribution >= 0.6 is 0 Å². The Morgan fingerprint density at radius 2 is 1.36 bits per heavy atom. The molecule has 0 saturated heterocycles. The number of benzene rings is 2. The van der Waals surface area contributed by atoms with Crippen molar-refractivity contribution in [2.75, 3.05) is 0 Å². The van der Waals surface area contributed by atoms with Crippen LogP contribution in [0.15, 0.2) is 60.7 Å². The largest absolute Gasteiger partial charge is 0.459 e. The summed E-state index contributed by atoms with van der Waals surface area (Å²) in [7, 11) is 0. The molecule has 1 atom stereocenters. The molecule has 0 bridgehead atoms. The molecule has 0 aromatic heterocycles. The average Bonchev–Trinajstić information content (AvgIpc) is 2.65. The van der Waals surface area contributed by atoms with E-state index in [1.54, 1.807) is 60.7 Å². The van der Waals surface area contributed by atoms with Crippen LogP contribution in [0.2, 0.25) is 0 Å². The maximum atomic E-state index is 13.6. The third kappa shape index (κ3) is 5.76. The van der Waals surface area contributed by atoms with Crippen LogP contribution in [0.3, 0.4) is 0 Å². The molecule has 0 spiro atoms. The van der Waals surface area contributed by atoms with Crippen LogP contribution in [-0.2, 0) is 22.6 Å². The van der Waals surface area contributed by atoms with Gasteiger partial charge in [-0.25, -0.2) is 4.79 Å². The van der Waals surface area contributed by atoms with Crippen LogP contribution in [-0.4, -0.2) is 28.8 Å². The Bertz CT molecular complexity index is 762. The van der Waals surface area contributed by atoms with E-state index in [4.69, 9.17) is 4.74 Å². The zero-order valence-corrected chi connectivity index (χ0v) is 14.8. The quantitative estimate of drug-likeness (QED) is 0.515. The number of alkyl halides is 5. The third-order valence-electron chi connectivity index (χ3n) is 4.19. The van der Waals surface area contributed by atoms with Crippen LogP contribution in [0.5, 0.6) is 0 Å². The van der Waals surface area contributed by atoms with Crippen molar-refractivity contribution in [2.24, 2.45) is 0 Å². The van der Waals surface area contributed by atoms with Gasteiger partial charge in [-0.05, 0) is 24.0 Å². The molecule has 0 saturated carbocycles. The van der Waals surface area contributed by atoms with E-state index in [1.165, 1.54) is 0 Å². The number of esters is 1. The molecule has 152 valence electrons. The Labute approximate surface area is 158 Å². The van der Waals surface area contributed by atoms with Gasteiger partial charge in [0.05, 0.1) is 6.42 Å². The average molecular weight is 402 g/mol. The number of carbonyl (C=O) groups excluding carboxylic acids is 1. The zero-order valence-electron chi connectivity index (χ0n) is 14.8. The first-order valence-corrected chi connectivity index (χ1v) is 8.45. The Balaban J connectivity index is 2.17. The fraction of sp³-hybridized carbons (Fsp3) is 0.350. The van der Waals surface area contributed by atoms with Crippen LogP contribution in [0.4, 0.5) is 22.0 Å². The summed E-state index contributed by atoms with van der Waals surface area (Å²) in [6.45, 7) is -0.356. The topological polar surface area (TPSA) is 46.5 Å². The molecule has 28 heavy (non-hydrogen) atoms. The second-order valence-electron chi connectivity index (χ2n) is 6.46. The lowest BCUT2D eigenvalue weighted by molar-refractivity contribution is -0.296. The van der Waals surface area contributed by atoms with E-state index in [0.717, 1.165) is 0 Å². The summed E-state index contributed by atoms with van der Waals surface area (Å²) in [5.74, 6) is -6.76. The third-order valence-corrected chi connectivity index (χ3v) is 4.19. The van der Waals surface area contributed by atoms with Gasteiger partial charge < -0.3 is 9.84 Å². The van der Waals surface area contributed by atoms with Crippen LogP contribution < -0.4 is 0 Å². The van der Waals surface area contributed by atoms with E-state index in [0.29, 0.717) is 11.1 Å². The molecule has 0 aliphatic carbocycles. The van der Waals surface area contributed by atoms with Gasteiger partial charge >= 0.3 is 18.1 Å². The summed E-state index contributed by atoms with van der Waals surface area (Å²) in [6.07, 6.45) is -8.72. The molecule has 2 aromatic rings. The van der Waals surface area contributed by atoms with Gasteiger partial charge in [-0.1, -0.05) is 60.7 Å². The van der Waals surface area contributed by atoms with Gasteiger partial charge in [-0.3, -0.25) is 0 Å². The van der Waals surface area contributed by atoms with Gasteiger partial charge in [0.15, 0.2) is 5.60 Å². The molecule has 0 heterocycles. The highest BCUT2D eigenvalue weighted by molar-refractivity contribution is 5.79. The highest BCUT2D eigenvalue weighted by Gasteiger charge is 2.62. The predicted octanol–water partition coefficient (Wildman–Crippen LogP) is 4.68. The standard InChI is InChI=1S/C20H19F5O3/c21-19(22,20(23,24)25)14-18(27,12-11-15-7-3-1-4-8-15)17(26)28-13-16-9-5-2-6-10-16/h1-10,27H,11-14H2. The second-order valence-corrected chi connectivity index (χ2v) is 6.46. The minimum Gasteiger partial charge on any atom is -0.459 e. The highest BCUT2D eigenvalue weighted by Crippen LogP contribution is 2.42. The lowest BCUT2D eigenvalue weighted by atomic mass is 9.88. The van der Waals surface area contributed by atoms with E-state index in [9.17, 15) is 31.9 Å². The lowest BCUT2D eigenvalue weighted by Gasteiger charge is -2.31. The van der Waals surface area contributed by atoms with Crippen LogP contribution in [0.25, 0.3) is 0 Å². The van der Waals surface area contributed by atoms with Crippen molar-refractivity contribution < 1.29 is 36.6 Å². The number of ether oxygens (including phenoxy) is 1. The first-order chi connectivity index (χ1) is 13.0. The summed E-state index contributed by atoms with van der Waals surface area (Å²) < 4.78 is 69.9. The molecule has 2 aromatic carbocycles. The molecule has 1 N–H and O–H groups in total. The van der Waals surface area contributed by atoms with Crippen molar-refractivity contribution in [3.8, 4) is 0 Å². The molecule has 0 aliphatic heterocycles. The molecule has 0 amide bonds. The van der Waals surface area contributed by atoms with Gasteiger partial charge in [0.25, 0.3) is 0 Å². The number of rotatable bonds is 8. The van der Waals surface area contributed by atoms with Crippen molar-refractivity contribution in [1.29, 1.82) is 0 Å². The number of hydrogen-bond acceptors (Lipinski definition) is 3. The number of aliphatic hydroxyl groups is 1. The molecule has 3 nitrogen and oxygen atoms in total. The molecular formula is C20H19F5O3. The normalized spacial score (nSPS) is 14.4. The smallest absolute Gasteiger partial charge is 0.453 e. The van der Waals surface area contributed by atoms with E-state index >= 15 is 0 Å². The van der Waals surface area contributed by atoms with Gasteiger partial charge in [0, 0.05) is 0 Å². The molecule has 8 heteroatoms. The summed E-state index contributed by atoms with van der Waals surface area (Å²) in [4.78, 5) is 12.3. The Hall–Kier alpha value is -2.48. The zero-order chi connectivity index (χ0) is 20.8. The Morgan fingerprint density at radius 1 is 0.857 bits per heavy atom. The first-order valence-electron chi connectivity index (χ1n) is 8.45. The summed E-state index contributed by atoms with van der Waals surface area (Å²) in [6, 6.07) is 16.4. The van der Waals surface area contributed by atoms with Crippen molar-refractivity contribution in [3.05, 3.63) is 71.8 Å². The fourth-order valence-electron chi connectivity index (χ4n) is 2.58. The molecule has 0 fully saturated rings. The van der Waals surface area contributed by atoms with E-state index < -0.39 is 36.5 Å². The highest BCUT2D eigenvalue weighted by atomic mass is 19.4. The van der Waals surface area contributed by atoms with Crippen molar-refractivity contribution >= 4 is 5.97 Å². The molecular weight excluding hydrogens is 383 g/mol. The van der Waals surface area contributed by atoms with Crippen molar-refractivity contribution in [1.82, 2.24) is 0 Å². The maximum Gasteiger partial charge on any atom is 0.453 e. The van der Waals surface area contributed by atoms with Gasteiger partial charge in [-0.15, -0.1) is 0 Å². The van der Waals surface area contributed by atoms with Gasteiger partial charge in [0.1, 0.15) is 6.61 Å². The summed E-state index contributed by atoms with van der Waals surface area (Å²) >= 11 is 0. The Morgan fingerprint density at radius 3 is 1.86 bits per heavy atom. The summed E-state index contributed by atoms with van der Waals surface area (Å²) in [5.41, 5.74) is -1.92. The molecule has 1 unspecified atom stereocenters.